The van der Waals surface area contributed by atoms with Gasteiger partial charge in [0.1, 0.15) is 6.10 Å². The van der Waals surface area contributed by atoms with Gasteiger partial charge < -0.3 is 9.84 Å². The first-order valence-electron chi connectivity index (χ1n) is 4.60. The monoisotopic (exact) mass is 180 g/mol. The van der Waals surface area contributed by atoms with Crippen molar-refractivity contribution in [1.82, 2.24) is 0 Å². The molecule has 3 unspecified atom stereocenters. The van der Waals surface area contributed by atoms with Crippen LogP contribution in [0.1, 0.15) is 19.8 Å². The number of rotatable bonds is 3. The van der Waals surface area contributed by atoms with E-state index >= 15 is 0 Å². The van der Waals surface area contributed by atoms with Crippen LogP contribution in [0.4, 0.5) is 0 Å². The van der Waals surface area contributed by atoms with Crippen molar-refractivity contribution in [1.29, 1.82) is 0 Å². The highest BCUT2D eigenvalue weighted by Crippen LogP contribution is 2.41. The van der Waals surface area contributed by atoms with Gasteiger partial charge in [-0.3, -0.25) is 0 Å². The molecule has 13 heavy (non-hydrogen) atoms. The summed E-state index contributed by atoms with van der Waals surface area (Å²) >= 11 is 0. The fraction of sp³-hybridized carbons (Fsp3) is 0.636. The second-order valence-corrected chi connectivity index (χ2v) is 3.43. The van der Waals surface area contributed by atoms with Crippen molar-refractivity contribution in [3.8, 4) is 11.8 Å². The van der Waals surface area contributed by atoms with Gasteiger partial charge in [-0.05, 0) is 31.3 Å². The second-order valence-electron chi connectivity index (χ2n) is 3.43. The van der Waals surface area contributed by atoms with E-state index < -0.39 is 6.10 Å². The number of allylic oxidation sites excluding steroid dienone is 1. The van der Waals surface area contributed by atoms with Crippen LogP contribution in [0.25, 0.3) is 0 Å². The summed E-state index contributed by atoms with van der Waals surface area (Å²) in [7, 11) is 1.65. The molecule has 1 aliphatic rings. The molecular weight excluding hydrogens is 164 g/mol. The van der Waals surface area contributed by atoms with Gasteiger partial charge >= 0.3 is 0 Å². The predicted octanol–water partition coefficient (Wildman–Crippen LogP) is 1.56. The van der Waals surface area contributed by atoms with Crippen molar-refractivity contribution < 1.29 is 9.84 Å². The standard InChI is InChI=1S/C11H16O2/c1-9(12)4-3-5-10-8-11(10)6-7-13-2/h6-7,9-12H,5,8H2,1-2H3/b7-6+. The highest BCUT2D eigenvalue weighted by molar-refractivity contribution is 5.09. The van der Waals surface area contributed by atoms with Gasteiger partial charge in [-0.15, -0.1) is 5.92 Å². The van der Waals surface area contributed by atoms with Gasteiger partial charge in [0, 0.05) is 6.42 Å². The lowest BCUT2D eigenvalue weighted by molar-refractivity contribution is 0.253. The van der Waals surface area contributed by atoms with Crippen molar-refractivity contribution in [2.75, 3.05) is 7.11 Å². The highest BCUT2D eigenvalue weighted by atomic mass is 16.5. The smallest absolute Gasteiger partial charge is 0.111 e. The molecule has 3 atom stereocenters. The van der Waals surface area contributed by atoms with Crippen molar-refractivity contribution in [3.05, 3.63) is 12.3 Å². The maximum absolute atomic E-state index is 8.89. The van der Waals surface area contributed by atoms with Crippen LogP contribution in [0.2, 0.25) is 0 Å². The van der Waals surface area contributed by atoms with Gasteiger partial charge in [0.25, 0.3) is 0 Å². The molecule has 0 aromatic carbocycles. The molecule has 0 heterocycles. The summed E-state index contributed by atoms with van der Waals surface area (Å²) in [5, 5.41) is 8.89. The first-order valence-corrected chi connectivity index (χ1v) is 4.60. The zero-order valence-corrected chi connectivity index (χ0v) is 8.16. The largest absolute Gasteiger partial charge is 0.505 e. The average Bonchev–Trinajstić information content (AvgIpc) is 2.80. The van der Waals surface area contributed by atoms with E-state index in [1.165, 1.54) is 6.42 Å². The van der Waals surface area contributed by atoms with Gasteiger partial charge in [-0.25, -0.2) is 0 Å². The molecule has 0 bridgehead atoms. The van der Waals surface area contributed by atoms with E-state index in [0.29, 0.717) is 11.8 Å². The lowest BCUT2D eigenvalue weighted by Crippen LogP contribution is -1.92. The molecule has 0 spiro atoms. The Labute approximate surface area is 79.6 Å². The molecule has 1 aliphatic carbocycles. The maximum atomic E-state index is 8.89. The minimum Gasteiger partial charge on any atom is -0.505 e. The van der Waals surface area contributed by atoms with Crippen molar-refractivity contribution in [2.24, 2.45) is 11.8 Å². The van der Waals surface area contributed by atoms with E-state index in [1.807, 2.05) is 0 Å². The van der Waals surface area contributed by atoms with Crippen molar-refractivity contribution >= 4 is 0 Å². The quantitative estimate of drug-likeness (QED) is 0.527. The van der Waals surface area contributed by atoms with Crippen LogP contribution < -0.4 is 0 Å². The van der Waals surface area contributed by atoms with Crippen LogP contribution in [-0.4, -0.2) is 18.3 Å². The third-order valence-electron chi connectivity index (χ3n) is 2.11. The molecule has 1 rings (SSSR count). The molecule has 1 saturated carbocycles. The Morgan fingerprint density at radius 3 is 3.08 bits per heavy atom. The summed E-state index contributed by atoms with van der Waals surface area (Å²) in [5.41, 5.74) is 0. The average molecular weight is 180 g/mol. The summed E-state index contributed by atoms with van der Waals surface area (Å²) in [5.74, 6) is 7.04. The Kier molecular flexibility index (Phi) is 3.85. The summed E-state index contributed by atoms with van der Waals surface area (Å²) < 4.78 is 4.83. The van der Waals surface area contributed by atoms with Crippen LogP contribution in [0.5, 0.6) is 0 Å². The molecule has 0 aliphatic heterocycles. The van der Waals surface area contributed by atoms with Crippen LogP contribution in [0, 0.1) is 23.7 Å². The Balaban J connectivity index is 2.15. The number of methoxy groups -OCH3 is 1. The molecule has 0 amide bonds. The lowest BCUT2D eigenvalue weighted by atomic mass is 10.2. The minimum absolute atomic E-state index is 0.494. The van der Waals surface area contributed by atoms with Crippen LogP contribution in [0.15, 0.2) is 12.3 Å². The Hall–Kier alpha value is -0.940. The molecule has 2 heteroatoms. The zero-order valence-electron chi connectivity index (χ0n) is 8.16. The first kappa shape index (κ1) is 10.1. The van der Waals surface area contributed by atoms with Gasteiger partial charge in [0.05, 0.1) is 13.4 Å². The summed E-state index contributed by atoms with van der Waals surface area (Å²) in [6, 6.07) is 0. The summed E-state index contributed by atoms with van der Waals surface area (Å²) in [6.07, 6.45) is 5.41. The molecule has 0 saturated heterocycles. The van der Waals surface area contributed by atoms with Gasteiger partial charge in [-0.1, -0.05) is 5.92 Å². The SMILES string of the molecule is CO/C=C/C1CC1CC#CC(C)O. The first-order chi connectivity index (χ1) is 6.24. The number of aliphatic hydroxyl groups excluding tert-OH is 1. The van der Waals surface area contributed by atoms with Gasteiger partial charge in [0.15, 0.2) is 0 Å². The maximum Gasteiger partial charge on any atom is 0.111 e. The third-order valence-corrected chi connectivity index (χ3v) is 2.11. The number of hydrogen-bond donors (Lipinski definition) is 1. The van der Waals surface area contributed by atoms with Crippen LogP contribution in [0.3, 0.4) is 0 Å². The van der Waals surface area contributed by atoms with Crippen LogP contribution in [-0.2, 0) is 4.74 Å². The Bertz CT molecular complexity index is 232. The van der Waals surface area contributed by atoms with E-state index in [1.54, 1.807) is 20.3 Å². The summed E-state index contributed by atoms with van der Waals surface area (Å²) in [6.45, 7) is 1.68. The van der Waals surface area contributed by atoms with E-state index in [-0.39, 0.29) is 0 Å². The van der Waals surface area contributed by atoms with Crippen molar-refractivity contribution in [2.45, 2.75) is 25.9 Å². The molecule has 1 N–H and O–H groups in total. The molecule has 2 nitrogen and oxygen atoms in total. The minimum atomic E-state index is -0.494. The van der Waals surface area contributed by atoms with E-state index in [9.17, 15) is 0 Å². The topological polar surface area (TPSA) is 29.5 Å². The van der Waals surface area contributed by atoms with Gasteiger partial charge in [-0.2, -0.15) is 0 Å². The van der Waals surface area contributed by atoms with Crippen LogP contribution >= 0.6 is 0 Å². The van der Waals surface area contributed by atoms with Crippen molar-refractivity contribution in [3.63, 3.8) is 0 Å². The third kappa shape index (κ3) is 4.00. The zero-order chi connectivity index (χ0) is 9.68. The van der Waals surface area contributed by atoms with Gasteiger partial charge in [0.2, 0.25) is 0 Å². The molecule has 72 valence electrons. The predicted molar refractivity (Wildman–Crippen MR) is 51.8 cm³/mol. The molecular formula is C11H16O2. The second kappa shape index (κ2) is 4.94. The normalized spacial score (nSPS) is 27.9. The Morgan fingerprint density at radius 1 is 1.69 bits per heavy atom. The molecule has 0 aromatic heterocycles. The number of aliphatic hydroxyl groups is 1. The molecule has 0 aromatic rings. The Morgan fingerprint density at radius 2 is 2.46 bits per heavy atom. The number of hydrogen-bond acceptors (Lipinski definition) is 2. The fourth-order valence-corrected chi connectivity index (χ4v) is 1.26. The molecule has 0 radical (unpaired) electrons. The summed E-state index contributed by atoms with van der Waals surface area (Å²) in [4.78, 5) is 0. The number of ether oxygens (including phenoxy) is 1. The highest BCUT2D eigenvalue weighted by Gasteiger charge is 2.33. The van der Waals surface area contributed by atoms with E-state index in [2.05, 4.69) is 17.9 Å². The lowest BCUT2D eigenvalue weighted by Gasteiger charge is -1.89. The fourth-order valence-electron chi connectivity index (χ4n) is 1.26. The van der Waals surface area contributed by atoms with E-state index in [0.717, 1.165) is 6.42 Å². The molecule has 1 fully saturated rings. The van der Waals surface area contributed by atoms with E-state index in [4.69, 9.17) is 9.84 Å².